The molecule has 0 radical (unpaired) electrons. The minimum absolute atomic E-state index is 0.0926. The van der Waals surface area contributed by atoms with Crippen LogP contribution in [0.15, 0.2) is 89.8 Å². The lowest BCUT2D eigenvalue weighted by molar-refractivity contribution is -0.140. The third-order valence-electron chi connectivity index (χ3n) is 6.41. The molecule has 0 unspecified atom stereocenters. The summed E-state index contributed by atoms with van der Waals surface area (Å²) in [5, 5.41) is 2.94. The Balaban J connectivity index is 2.02. The fourth-order valence-corrected chi connectivity index (χ4v) is 5.78. The Morgan fingerprint density at radius 3 is 2.08 bits per heavy atom. The summed E-state index contributed by atoms with van der Waals surface area (Å²) in [6.45, 7) is 5.99. The molecule has 0 bridgehead atoms. The largest absolute Gasteiger partial charge is 0.354 e. The first kappa shape index (κ1) is 28.9. The van der Waals surface area contributed by atoms with Gasteiger partial charge in [0.05, 0.1) is 10.6 Å². The van der Waals surface area contributed by atoms with Crippen molar-refractivity contribution < 1.29 is 18.0 Å². The van der Waals surface area contributed by atoms with Gasteiger partial charge in [-0.15, -0.1) is 0 Å². The van der Waals surface area contributed by atoms with Crippen LogP contribution >= 0.6 is 0 Å². The van der Waals surface area contributed by atoms with Crippen LogP contribution in [0.1, 0.15) is 44.2 Å². The summed E-state index contributed by atoms with van der Waals surface area (Å²) in [5.41, 5.74) is 2.00. The molecule has 7 nitrogen and oxygen atoms in total. The number of carbonyl (C=O) groups excluding carboxylic acids is 2. The van der Waals surface area contributed by atoms with Crippen molar-refractivity contribution in [1.82, 2.24) is 10.2 Å². The second-order valence-corrected chi connectivity index (χ2v) is 11.0. The third-order valence-corrected chi connectivity index (χ3v) is 8.18. The molecule has 0 heterocycles. The van der Waals surface area contributed by atoms with E-state index in [1.54, 1.807) is 30.3 Å². The summed E-state index contributed by atoms with van der Waals surface area (Å²) < 4.78 is 28.8. The summed E-state index contributed by atoms with van der Waals surface area (Å²) >= 11 is 0. The van der Waals surface area contributed by atoms with Crippen molar-refractivity contribution in [2.24, 2.45) is 0 Å². The van der Waals surface area contributed by atoms with Crippen LogP contribution in [0.3, 0.4) is 0 Å². The van der Waals surface area contributed by atoms with E-state index in [0.29, 0.717) is 18.7 Å². The molecule has 1 atom stereocenters. The molecule has 0 aliphatic rings. The van der Waals surface area contributed by atoms with Crippen molar-refractivity contribution in [3.05, 3.63) is 96.1 Å². The van der Waals surface area contributed by atoms with Crippen molar-refractivity contribution in [1.29, 1.82) is 0 Å². The number of sulfonamides is 1. The second kappa shape index (κ2) is 13.8. The molecule has 202 valence electrons. The Labute approximate surface area is 226 Å². The quantitative estimate of drug-likeness (QED) is 0.315. The van der Waals surface area contributed by atoms with Gasteiger partial charge < -0.3 is 10.2 Å². The van der Waals surface area contributed by atoms with Crippen LogP contribution in [-0.2, 0) is 26.2 Å². The number of aryl methyl sites for hydroxylation is 1. The summed E-state index contributed by atoms with van der Waals surface area (Å²) in [5.74, 6) is -0.687. The zero-order valence-electron chi connectivity index (χ0n) is 22.3. The highest BCUT2D eigenvalue weighted by molar-refractivity contribution is 7.92. The third kappa shape index (κ3) is 7.22. The number of rotatable bonds is 13. The maximum absolute atomic E-state index is 14.0. The number of benzene rings is 3. The van der Waals surface area contributed by atoms with Crippen LogP contribution in [0.25, 0.3) is 0 Å². The van der Waals surface area contributed by atoms with Gasteiger partial charge in [0.15, 0.2) is 0 Å². The van der Waals surface area contributed by atoms with E-state index >= 15 is 0 Å². The molecule has 2 amide bonds. The molecule has 0 fully saturated rings. The lowest BCUT2D eigenvalue weighted by atomic mass is 10.1. The first-order valence-corrected chi connectivity index (χ1v) is 14.5. The Kier molecular flexibility index (Phi) is 10.5. The van der Waals surface area contributed by atoms with E-state index in [1.807, 2.05) is 63.2 Å². The molecule has 0 aromatic heterocycles. The van der Waals surface area contributed by atoms with Gasteiger partial charge in [0.2, 0.25) is 11.8 Å². The predicted molar refractivity (Wildman–Crippen MR) is 151 cm³/mol. The van der Waals surface area contributed by atoms with Crippen LogP contribution in [-0.4, -0.2) is 44.3 Å². The topological polar surface area (TPSA) is 86.8 Å². The van der Waals surface area contributed by atoms with Crippen LogP contribution in [0.4, 0.5) is 5.69 Å². The predicted octanol–water partition coefficient (Wildman–Crippen LogP) is 4.91. The normalized spacial score (nSPS) is 12.0. The van der Waals surface area contributed by atoms with E-state index in [0.717, 1.165) is 28.3 Å². The number of nitrogens with zero attached hydrogens (tertiary/aromatic N) is 2. The van der Waals surface area contributed by atoms with E-state index < -0.39 is 28.5 Å². The molecule has 0 aliphatic carbocycles. The number of para-hydroxylation sites is 1. The Bertz CT molecular complexity index is 1300. The number of carbonyl (C=O) groups is 2. The molecular formula is C30H37N3O4S. The zero-order chi connectivity index (χ0) is 27.5. The average Bonchev–Trinajstić information content (AvgIpc) is 2.93. The number of hydrogen-bond acceptors (Lipinski definition) is 4. The molecule has 0 aliphatic heterocycles. The molecule has 0 saturated carbocycles. The van der Waals surface area contributed by atoms with Crippen molar-refractivity contribution >= 4 is 27.5 Å². The highest BCUT2D eigenvalue weighted by Gasteiger charge is 2.33. The fraction of sp³-hybridized carbons (Fsp3) is 0.333. The lowest BCUT2D eigenvalue weighted by Gasteiger charge is -2.33. The molecular weight excluding hydrogens is 498 g/mol. The molecule has 0 spiro atoms. The maximum Gasteiger partial charge on any atom is 0.264 e. The van der Waals surface area contributed by atoms with Gasteiger partial charge in [0.1, 0.15) is 12.6 Å². The summed E-state index contributed by atoms with van der Waals surface area (Å²) in [6.07, 6.45) is 2.17. The van der Waals surface area contributed by atoms with E-state index in [1.165, 1.54) is 17.0 Å². The van der Waals surface area contributed by atoms with Crippen LogP contribution < -0.4 is 9.62 Å². The average molecular weight is 536 g/mol. The van der Waals surface area contributed by atoms with Crippen molar-refractivity contribution in [3.63, 3.8) is 0 Å². The zero-order valence-corrected chi connectivity index (χ0v) is 23.2. The van der Waals surface area contributed by atoms with E-state index in [4.69, 9.17) is 0 Å². The number of hydrogen-bond donors (Lipinski definition) is 1. The minimum Gasteiger partial charge on any atom is -0.354 e. The second-order valence-electron chi connectivity index (χ2n) is 9.19. The van der Waals surface area contributed by atoms with Crippen LogP contribution in [0, 0.1) is 6.92 Å². The summed E-state index contributed by atoms with van der Waals surface area (Å²) in [4.78, 5) is 28.8. The Morgan fingerprint density at radius 2 is 1.47 bits per heavy atom. The number of nitrogens with one attached hydrogen (secondary N) is 1. The van der Waals surface area contributed by atoms with Crippen molar-refractivity contribution in [2.75, 3.05) is 17.4 Å². The van der Waals surface area contributed by atoms with Gasteiger partial charge in [-0.05, 0) is 49.1 Å². The van der Waals surface area contributed by atoms with Crippen molar-refractivity contribution in [3.8, 4) is 0 Å². The molecule has 38 heavy (non-hydrogen) atoms. The first-order chi connectivity index (χ1) is 18.3. The maximum atomic E-state index is 14.0. The molecule has 1 N–H and O–H groups in total. The Morgan fingerprint density at radius 1 is 0.868 bits per heavy atom. The van der Waals surface area contributed by atoms with Crippen molar-refractivity contribution in [2.45, 2.75) is 57.5 Å². The van der Waals surface area contributed by atoms with Gasteiger partial charge in [0.25, 0.3) is 10.0 Å². The molecule has 3 aromatic carbocycles. The first-order valence-electron chi connectivity index (χ1n) is 13.0. The molecule has 0 saturated heterocycles. The highest BCUT2D eigenvalue weighted by Crippen LogP contribution is 2.27. The minimum atomic E-state index is -4.06. The van der Waals surface area contributed by atoms with E-state index in [9.17, 15) is 18.0 Å². The van der Waals surface area contributed by atoms with Gasteiger partial charge >= 0.3 is 0 Å². The van der Waals surface area contributed by atoms with Gasteiger partial charge in [-0.2, -0.15) is 0 Å². The van der Waals surface area contributed by atoms with Crippen LogP contribution in [0.5, 0.6) is 0 Å². The van der Waals surface area contributed by atoms with E-state index in [2.05, 4.69) is 5.32 Å². The van der Waals surface area contributed by atoms with E-state index in [-0.39, 0.29) is 17.3 Å². The summed E-state index contributed by atoms with van der Waals surface area (Å²) in [7, 11) is -4.06. The SMILES string of the molecule is CCCCNC(=O)[C@H](CC)N(Cc1ccccc1)C(=O)CN(c1ccccc1C)S(=O)(=O)c1ccccc1. The number of anilines is 1. The van der Waals surface area contributed by atoms with Gasteiger partial charge in [-0.25, -0.2) is 8.42 Å². The lowest BCUT2D eigenvalue weighted by Crippen LogP contribution is -2.52. The standard InChI is InChI=1S/C30H37N3O4S/c1-4-6-21-31-30(35)27(5-2)32(22-25-16-9-7-10-17-25)29(34)23-33(28-20-14-13-15-24(28)3)38(36,37)26-18-11-8-12-19-26/h7-20,27H,4-6,21-23H2,1-3H3,(H,31,35)/t27-/m0/s1. The monoisotopic (exact) mass is 535 g/mol. The number of amides is 2. The van der Waals surface area contributed by atoms with Gasteiger partial charge in [-0.1, -0.05) is 87.0 Å². The summed E-state index contributed by atoms with van der Waals surface area (Å²) in [6, 6.07) is 23.8. The molecule has 3 aromatic rings. The molecule has 8 heteroatoms. The number of unbranched alkanes of at least 4 members (excludes halogenated alkanes) is 1. The highest BCUT2D eigenvalue weighted by atomic mass is 32.2. The Hall–Kier alpha value is -3.65. The van der Waals surface area contributed by atoms with Gasteiger partial charge in [-0.3, -0.25) is 13.9 Å². The van der Waals surface area contributed by atoms with Crippen LogP contribution in [0.2, 0.25) is 0 Å². The smallest absolute Gasteiger partial charge is 0.264 e. The fourth-order valence-electron chi connectivity index (χ4n) is 4.28. The van der Waals surface area contributed by atoms with Gasteiger partial charge in [0, 0.05) is 13.1 Å². The molecule has 3 rings (SSSR count).